The number of benzene rings is 3. The summed E-state index contributed by atoms with van der Waals surface area (Å²) in [4.78, 5) is 0. The summed E-state index contributed by atoms with van der Waals surface area (Å²) in [6.07, 6.45) is 0. The van der Waals surface area contributed by atoms with Crippen LogP contribution in [0.2, 0.25) is 15.1 Å². The van der Waals surface area contributed by atoms with Crippen LogP contribution in [0.5, 0.6) is 17.2 Å². The molecule has 3 aromatic rings. The normalized spacial score (nSPS) is 10.6. The van der Waals surface area contributed by atoms with Gasteiger partial charge in [-0.2, -0.15) is 0 Å². The van der Waals surface area contributed by atoms with Gasteiger partial charge in [-0.1, -0.05) is 64.6 Å². The number of hydrogen-bond acceptors (Lipinski definition) is 2. The third-order valence-corrected chi connectivity index (χ3v) is 4.58. The predicted molar refractivity (Wildman–Crippen MR) is 103 cm³/mol. The molecule has 0 heterocycles. The summed E-state index contributed by atoms with van der Waals surface area (Å²) in [5.74, 6) is 1.77. The molecule has 0 aromatic heterocycles. The first-order valence-corrected chi connectivity index (χ1v) is 8.75. The standard InChI is InChI=1S/C20H15Cl3O2/c1-13-2-4-14(5-3-13)12-24-20-9-7-16(11-19(20)23)25-15-6-8-17(21)18(22)10-15/h2-11H,12H2,1H3. The Kier molecular flexibility index (Phi) is 5.74. The van der Waals surface area contributed by atoms with E-state index in [9.17, 15) is 0 Å². The van der Waals surface area contributed by atoms with Crippen molar-refractivity contribution in [1.82, 2.24) is 0 Å². The first-order chi connectivity index (χ1) is 12.0. The van der Waals surface area contributed by atoms with Gasteiger partial charge in [0.2, 0.25) is 0 Å². The summed E-state index contributed by atoms with van der Waals surface area (Å²) in [7, 11) is 0. The highest BCUT2D eigenvalue weighted by atomic mass is 35.5. The maximum Gasteiger partial charge on any atom is 0.138 e. The van der Waals surface area contributed by atoms with Crippen LogP contribution in [0.25, 0.3) is 0 Å². The minimum atomic E-state index is 0.434. The fraction of sp³-hybridized carbons (Fsp3) is 0.100. The Balaban J connectivity index is 1.67. The second kappa shape index (κ2) is 8.01. The molecule has 0 N–H and O–H groups in total. The van der Waals surface area contributed by atoms with Crippen molar-refractivity contribution in [3.8, 4) is 17.2 Å². The van der Waals surface area contributed by atoms with Crippen LogP contribution in [0.1, 0.15) is 11.1 Å². The molecule has 5 heteroatoms. The molecule has 3 aromatic carbocycles. The average Bonchev–Trinajstić information content (AvgIpc) is 2.59. The van der Waals surface area contributed by atoms with Crippen molar-refractivity contribution in [3.63, 3.8) is 0 Å². The topological polar surface area (TPSA) is 18.5 Å². The van der Waals surface area contributed by atoms with Crippen molar-refractivity contribution in [2.45, 2.75) is 13.5 Å². The van der Waals surface area contributed by atoms with Gasteiger partial charge in [0.25, 0.3) is 0 Å². The molecule has 0 atom stereocenters. The molecular weight excluding hydrogens is 379 g/mol. The van der Waals surface area contributed by atoms with E-state index in [0.29, 0.717) is 38.9 Å². The molecule has 0 amide bonds. The maximum absolute atomic E-state index is 6.29. The molecule has 0 saturated heterocycles. The van der Waals surface area contributed by atoms with Gasteiger partial charge < -0.3 is 9.47 Å². The van der Waals surface area contributed by atoms with E-state index in [1.165, 1.54) is 5.56 Å². The minimum absolute atomic E-state index is 0.434. The van der Waals surface area contributed by atoms with Crippen molar-refractivity contribution in [2.24, 2.45) is 0 Å². The first kappa shape index (κ1) is 17.9. The van der Waals surface area contributed by atoms with Gasteiger partial charge in [0, 0.05) is 12.1 Å². The molecule has 0 aliphatic carbocycles. The van der Waals surface area contributed by atoms with Gasteiger partial charge >= 0.3 is 0 Å². The van der Waals surface area contributed by atoms with Crippen LogP contribution >= 0.6 is 34.8 Å². The summed E-state index contributed by atoms with van der Waals surface area (Å²) in [5.41, 5.74) is 2.29. The van der Waals surface area contributed by atoms with Crippen LogP contribution in [0, 0.1) is 6.92 Å². The van der Waals surface area contributed by atoms with Crippen LogP contribution < -0.4 is 9.47 Å². The van der Waals surface area contributed by atoms with E-state index >= 15 is 0 Å². The van der Waals surface area contributed by atoms with Gasteiger partial charge in [-0.15, -0.1) is 0 Å². The van der Waals surface area contributed by atoms with Crippen LogP contribution in [0.4, 0.5) is 0 Å². The predicted octanol–water partition coefficient (Wildman–Crippen LogP) is 7.33. The Hall–Kier alpha value is -1.87. The lowest BCUT2D eigenvalue weighted by Crippen LogP contribution is -1.96. The van der Waals surface area contributed by atoms with Gasteiger partial charge in [0.15, 0.2) is 0 Å². The highest BCUT2D eigenvalue weighted by molar-refractivity contribution is 6.42. The molecule has 0 bridgehead atoms. The molecule has 128 valence electrons. The van der Waals surface area contributed by atoms with Crippen LogP contribution in [0.15, 0.2) is 60.7 Å². The lowest BCUT2D eigenvalue weighted by atomic mass is 10.2. The summed E-state index contributed by atoms with van der Waals surface area (Å²) >= 11 is 18.2. The Labute approximate surface area is 161 Å². The third kappa shape index (κ3) is 4.82. The number of rotatable bonds is 5. The van der Waals surface area contributed by atoms with E-state index in [-0.39, 0.29) is 0 Å². The Morgan fingerprint density at radius 1 is 0.720 bits per heavy atom. The lowest BCUT2D eigenvalue weighted by Gasteiger charge is -2.11. The smallest absolute Gasteiger partial charge is 0.138 e. The molecule has 25 heavy (non-hydrogen) atoms. The van der Waals surface area contributed by atoms with Crippen LogP contribution in [0.3, 0.4) is 0 Å². The van der Waals surface area contributed by atoms with E-state index < -0.39 is 0 Å². The van der Waals surface area contributed by atoms with Crippen LogP contribution in [-0.2, 0) is 6.61 Å². The zero-order valence-corrected chi connectivity index (χ0v) is 15.7. The van der Waals surface area contributed by atoms with Gasteiger partial charge in [-0.25, -0.2) is 0 Å². The molecule has 0 aliphatic heterocycles. The van der Waals surface area contributed by atoms with Crippen molar-refractivity contribution in [1.29, 1.82) is 0 Å². The molecule has 0 fully saturated rings. The largest absolute Gasteiger partial charge is 0.487 e. The van der Waals surface area contributed by atoms with E-state index in [4.69, 9.17) is 44.3 Å². The summed E-state index contributed by atoms with van der Waals surface area (Å²) in [6.45, 7) is 2.50. The molecule has 0 spiro atoms. The molecule has 0 unspecified atom stereocenters. The lowest BCUT2D eigenvalue weighted by molar-refractivity contribution is 0.306. The van der Waals surface area contributed by atoms with Gasteiger partial charge in [0.1, 0.15) is 23.9 Å². The Morgan fingerprint density at radius 3 is 2.00 bits per heavy atom. The molecule has 2 nitrogen and oxygen atoms in total. The second-order valence-electron chi connectivity index (χ2n) is 5.54. The van der Waals surface area contributed by atoms with Gasteiger partial charge in [-0.3, -0.25) is 0 Å². The summed E-state index contributed by atoms with van der Waals surface area (Å²) in [6, 6.07) is 18.5. The number of aryl methyl sites for hydroxylation is 1. The van der Waals surface area contributed by atoms with Crippen molar-refractivity contribution < 1.29 is 9.47 Å². The van der Waals surface area contributed by atoms with Crippen molar-refractivity contribution in [3.05, 3.63) is 86.9 Å². The zero-order chi connectivity index (χ0) is 17.8. The van der Waals surface area contributed by atoms with Crippen molar-refractivity contribution >= 4 is 34.8 Å². The SMILES string of the molecule is Cc1ccc(COc2ccc(Oc3ccc(Cl)c(Cl)c3)cc2Cl)cc1. The number of ether oxygens (including phenoxy) is 2. The first-order valence-electron chi connectivity index (χ1n) is 7.62. The molecule has 0 radical (unpaired) electrons. The van der Waals surface area contributed by atoms with Crippen LogP contribution in [-0.4, -0.2) is 0 Å². The van der Waals surface area contributed by atoms with E-state index in [1.54, 1.807) is 36.4 Å². The molecule has 3 rings (SSSR count). The van der Waals surface area contributed by atoms with E-state index in [2.05, 4.69) is 12.1 Å². The van der Waals surface area contributed by atoms with E-state index in [1.807, 2.05) is 19.1 Å². The zero-order valence-electron chi connectivity index (χ0n) is 13.4. The highest BCUT2D eigenvalue weighted by Gasteiger charge is 2.07. The van der Waals surface area contributed by atoms with E-state index in [0.717, 1.165) is 5.56 Å². The van der Waals surface area contributed by atoms with Gasteiger partial charge in [-0.05, 0) is 36.8 Å². The molecule has 0 aliphatic rings. The van der Waals surface area contributed by atoms with Crippen molar-refractivity contribution in [2.75, 3.05) is 0 Å². The number of halogens is 3. The molecule has 0 saturated carbocycles. The fourth-order valence-electron chi connectivity index (χ4n) is 2.18. The average molecular weight is 394 g/mol. The third-order valence-electron chi connectivity index (χ3n) is 3.55. The minimum Gasteiger partial charge on any atom is -0.487 e. The van der Waals surface area contributed by atoms with Gasteiger partial charge in [0.05, 0.1) is 15.1 Å². The monoisotopic (exact) mass is 392 g/mol. The molecular formula is C20H15Cl3O2. The quantitative estimate of drug-likeness (QED) is 0.452. The number of hydrogen-bond donors (Lipinski definition) is 0. The highest BCUT2D eigenvalue weighted by Crippen LogP contribution is 2.33. The summed E-state index contributed by atoms with van der Waals surface area (Å²) in [5, 5.41) is 1.39. The Bertz CT molecular complexity index is 877. The maximum atomic E-state index is 6.29. The second-order valence-corrected chi connectivity index (χ2v) is 6.77. The Morgan fingerprint density at radius 2 is 1.36 bits per heavy atom. The summed E-state index contributed by atoms with van der Waals surface area (Å²) < 4.78 is 11.5. The fourth-order valence-corrected chi connectivity index (χ4v) is 2.70.